The van der Waals surface area contributed by atoms with Gasteiger partial charge in [-0.1, -0.05) is 11.6 Å². The smallest absolute Gasteiger partial charge is 0.241 e. The molecule has 0 aromatic heterocycles. The van der Waals surface area contributed by atoms with Crippen LogP contribution in [0.5, 0.6) is 0 Å². The first-order valence-electron chi connectivity index (χ1n) is 6.62. The second kappa shape index (κ2) is 6.31. The lowest BCUT2D eigenvalue weighted by Crippen LogP contribution is -2.52. The summed E-state index contributed by atoms with van der Waals surface area (Å²) in [6, 6.07) is 5.06. The molecule has 21 heavy (non-hydrogen) atoms. The van der Waals surface area contributed by atoms with Gasteiger partial charge in [0.2, 0.25) is 5.91 Å². The third-order valence-electron chi connectivity index (χ3n) is 3.32. The third-order valence-corrected chi connectivity index (χ3v) is 3.74. The summed E-state index contributed by atoms with van der Waals surface area (Å²) in [7, 11) is 0. The summed E-state index contributed by atoms with van der Waals surface area (Å²) in [6.07, 6.45) is -0.481. The average molecular weight is 309 g/mol. The highest BCUT2D eigenvalue weighted by atomic mass is 35.5. The predicted octanol–water partition coefficient (Wildman–Crippen LogP) is 0.823. The summed E-state index contributed by atoms with van der Waals surface area (Å²) >= 11 is 6.16. The van der Waals surface area contributed by atoms with Crippen LogP contribution < -0.4 is 10.6 Å². The second-order valence-electron chi connectivity index (χ2n) is 5.14. The number of nitriles is 1. The first kappa shape index (κ1) is 15.6. The molecule has 1 unspecified atom stereocenters. The van der Waals surface area contributed by atoms with Gasteiger partial charge in [-0.3, -0.25) is 9.69 Å². The number of hydrogen-bond acceptors (Lipinski definition) is 5. The molecule has 1 aromatic rings. The van der Waals surface area contributed by atoms with Crippen LogP contribution in [0.4, 0.5) is 11.4 Å². The zero-order chi connectivity index (χ0) is 15.6. The van der Waals surface area contributed by atoms with Crippen LogP contribution in [0.1, 0.15) is 12.5 Å². The summed E-state index contributed by atoms with van der Waals surface area (Å²) in [5, 5.41) is 18.7. The average Bonchev–Trinajstić information content (AvgIpc) is 2.41. The lowest BCUT2D eigenvalue weighted by Gasteiger charge is -2.35. The first-order valence-corrected chi connectivity index (χ1v) is 7.00. The van der Waals surface area contributed by atoms with Crippen molar-refractivity contribution in [1.29, 1.82) is 5.26 Å². The zero-order valence-electron chi connectivity index (χ0n) is 11.7. The Labute approximate surface area is 128 Å². The molecular formula is C14H17ClN4O2. The highest BCUT2D eigenvalue weighted by molar-refractivity contribution is 6.36. The number of hydrogen-bond donors (Lipinski definition) is 2. The van der Waals surface area contributed by atoms with Gasteiger partial charge in [0, 0.05) is 19.6 Å². The molecule has 6 nitrogen and oxygen atoms in total. The van der Waals surface area contributed by atoms with Crippen molar-refractivity contribution >= 4 is 28.9 Å². The molecule has 7 heteroatoms. The molecule has 0 spiro atoms. The number of benzene rings is 1. The van der Waals surface area contributed by atoms with Gasteiger partial charge in [0.1, 0.15) is 0 Å². The lowest BCUT2D eigenvalue weighted by atomic mass is 10.1. The number of halogens is 1. The van der Waals surface area contributed by atoms with Gasteiger partial charge in [-0.2, -0.15) is 5.26 Å². The molecule has 0 bridgehead atoms. The molecular weight excluding hydrogens is 292 g/mol. The molecule has 0 aliphatic carbocycles. The summed E-state index contributed by atoms with van der Waals surface area (Å²) in [5.74, 6) is -0.127. The van der Waals surface area contributed by atoms with Crippen molar-refractivity contribution in [3.8, 4) is 6.07 Å². The molecule has 1 fully saturated rings. The van der Waals surface area contributed by atoms with E-state index in [1.54, 1.807) is 13.0 Å². The van der Waals surface area contributed by atoms with Crippen LogP contribution in [-0.2, 0) is 4.79 Å². The number of β-amino-alcohol motifs (C(OH)–C–C–N with tert-alkyl or cyclic N) is 1. The Hall–Kier alpha value is -1.81. The van der Waals surface area contributed by atoms with Crippen molar-refractivity contribution in [2.45, 2.75) is 13.0 Å². The Morgan fingerprint density at radius 1 is 1.52 bits per heavy atom. The largest absolute Gasteiger partial charge is 0.397 e. The van der Waals surface area contributed by atoms with Gasteiger partial charge in [-0.25, -0.2) is 0 Å². The fourth-order valence-electron chi connectivity index (χ4n) is 2.40. The summed E-state index contributed by atoms with van der Waals surface area (Å²) in [5.41, 5.74) is 6.89. The van der Waals surface area contributed by atoms with E-state index in [1.165, 1.54) is 11.0 Å². The molecule has 1 aliphatic heterocycles. The van der Waals surface area contributed by atoms with E-state index < -0.39 is 6.10 Å². The molecule has 1 amide bonds. The number of amides is 1. The summed E-state index contributed by atoms with van der Waals surface area (Å²) in [6.45, 7) is 3.42. The zero-order valence-corrected chi connectivity index (χ0v) is 12.5. The van der Waals surface area contributed by atoms with Crippen molar-refractivity contribution in [3.63, 3.8) is 0 Å². The maximum Gasteiger partial charge on any atom is 0.241 e. The van der Waals surface area contributed by atoms with E-state index >= 15 is 0 Å². The lowest BCUT2D eigenvalue weighted by molar-refractivity contribution is -0.121. The first-order chi connectivity index (χ1) is 9.92. The second-order valence-corrected chi connectivity index (χ2v) is 5.52. The minimum atomic E-state index is -0.481. The Bertz CT molecular complexity index is 597. The Kier molecular flexibility index (Phi) is 4.68. The molecule has 1 heterocycles. The van der Waals surface area contributed by atoms with Crippen LogP contribution >= 0.6 is 11.6 Å². The van der Waals surface area contributed by atoms with Gasteiger partial charge in [-0.05, 0) is 19.1 Å². The Morgan fingerprint density at radius 2 is 2.24 bits per heavy atom. The number of nitrogens with two attached hydrogens (primary N) is 1. The highest BCUT2D eigenvalue weighted by Gasteiger charge is 2.27. The SMILES string of the molecule is CC(O)CN1CCN(c2cc(C#N)cc(N)c2Cl)C(=O)C1. The van der Waals surface area contributed by atoms with Gasteiger partial charge in [-0.15, -0.1) is 0 Å². The standard InChI is InChI=1S/C14H17ClN4O2/c1-9(20)7-18-2-3-19(13(21)8-18)12-5-10(6-16)4-11(17)14(12)15/h4-5,9,20H,2-3,7-8,17H2,1H3. The van der Waals surface area contributed by atoms with E-state index in [0.29, 0.717) is 30.9 Å². The fraction of sp³-hybridized carbons (Fsp3) is 0.429. The minimum Gasteiger partial charge on any atom is -0.397 e. The van der Waals surface area contributed by atoms with E-state index in [2.05, 4.69) is 0 Å². The molecule has 1 aliphatic rings. The maximum absolute atomic E-state index is 12.3. The number of nitrogen functional groups attached to an aromatic ring is 1. The van der Waals surface area contributed by atoms with Crippen molar-refractivity contribution in [2.24, 2.45) is 0 Å². The number of carbonyl (C=O) groups is 1. The van der Waals surface area contributed by atoms with Crippen molar-refractivity contribution in [1.82, 2.24) is 4.90 Å². The minimum absolute atomic E-state index is 0.127. The van der Waals surface area contributed by atoms with Gasteiger partial charge in [0.05, 0.1) is 40.7 Å². The number of aliphatic hydroxyl groups is 1. The van der Waals surface area contributed by atoms with Crippen LogP contribution in [0.2, 0.25) is 5.02 Å². The number of rotatable bonds is 3. The van der Waals surface area contributed by atoms with Crippen molar-refractivity contribution < 1.29 is 9.90 Å². The summed E-state index contributed by atoms with van der Waals surface area (Å²) < 4.78 is 0. The maximum atomic E-state index is 12.3. The van der Waals surface area contributed by atoms with E-state index in [9.17, 15) is 9.90 Å². The van der Waals surface area contributed by atoms with Crippen LogP contribution in [-0.4, -0.2) is 48.2 Å². The Morgan fingerprint density at radius 3 is 2.81 bits per heavy atom. The van der Waals surface area contributed by atoms with Crippen molar-refractivity contribution in [2.75, 3.05) is 36.8 Å². The van der Waals surface area contributed by atoms with E-state index in [0.717, 1.165) is 0 Å². The van der Waals surface area contributed by atoms with Crippen LogP contribution in [0.3, 0.4) is 0 Å². The molecule has 1 aromatic carbocycles. The molecule has 1 saturated heterocycles. The normalized spacial score (nSPS) is 17.6. The van der Waals surface area contributed by atoms with Gasteiger partial charge >= 0.3 is 0 Å². The molecule has 1 atom stereocenters. The quantitative estimate of drug-likeness (QED) is 0.806. The van der Waals surface area contributed by atoms with Crippen LogP contribution in [0.15, 0.2) is 12.1 Å². The molecule has 0 saturated carbocycles. The van der Waals surface area contributed by atoms with E-state index in [1.807, 2.05) is 11.0 Å². The van der Waals surface area contributed by atoms with Crippen LogP contribution in [0, 0.1) is 11.3 Å². The summed E-state index contributed by atoms with van der Waals surface area (Å²) in [4.78, 5) is 15.7. The highest BCUT2D eigenvalue weighted by Crippen LogP contribution is 2.33. The number of anilines is 2. The number of aliphatic hydroxyl groups excluding tert-OH is 1. The molecule has 112 valence electrons. The number of piperazine rings is 1. The van der Waals surface area contributed by atoms with E-state index in [-0.39, 0.29) is 23.2 Å². The number of nitrogens with zero attached hydrogens (tertiary/aromatic N) is 3. The Balaban J connectivity index is 2.23. The molecule has 2 rings (SSSR count). The predicted molar refractivity (Wildman–Crippen MR) is 81.1 cm³/mol. The fourth-order valence-corrected chi connectivity index (χ4v) is 2.61. The van der Waals surface area contributed by atoms with Crippen LogP contribution in [0.25, 0.3) is 0 Å². The van der Waals surface area contributed by atoms with Gasteiger partial charge in [0.25, 0.3) is 0 Å². The number of carbonyl (C=O) groups excluding carboxylic acids is 1. The van der Waals surface area contributed by atoms with E-state index in [4.69, 9.17) is 22.6 Å². The molecule has 0 radical (unpaired) electrons. The molecule has 3 N–H and O–H groups in total. The third kappa shape index (κ3) is 3.45. The topological polar surface area (TPSA) is 93.6 Å². The van der Waals surface area contributed by atoms with Crippen molar-refractivity contribution in [3.05, 3.63) is 22.7 Å². The monoisotopic (exact) mass is 308 g/mol. The van der Waals surface area contributed by atoms with Gasteiger partial charge < -0.3 is 15.7 Å². The van der Waals surface area contributed by atoms with Gasteiger partial charge in [0.15, 0.2) is 0 Å².